The summed E-state index contributed by atoms with van der Waals surface area (Å²) >= 11 is 1.83. The second-order valence-corrected chi connectivity index (χ2v) is 6.48. The molecule has 3 rings (SSSR count). The van der Waals surface area contributed by atoms with Crippen LogP contribution in [-0.2, 0) is 11.2 Å². The van der Waals surface area contributed by atoms with Gasteiger partial charge < -0.3 is 4.90 Å². The zero-order valence-corrected chi connectivity index (χ0v) is 13.3. The molecule has 1 aliphatic heterocycles. The molecule has 4 heteroatoms. The molecule has 0 N–H and O–H groups in total. The highest BCUT2D eigenvalue weighted by atomic mass is 32.1. The molecule has 1 atom stereocenters. The molecule has 1 aromatic heterocycles. The molecule has 0 aliphatic carbocycles. The molecule has 1 unspecified atom stereocenters. The Morgan fingerprint density at radius 3 is 2.86 bits per heavy atom. The van der Waals surface area contributed by atoms with Crippen molar-refractivity contribution >= 4 is 22.9 Å². The van der Waals surface area contributed by atoms with Gasteiger partial charge in [-0.25, -0.2) is 0 Å². The number of thiophene rings is 1. The summed E-state index contributed by atoms with van der Waals surface area (Å²) in [5.74, 6) is 0.145. The van der Waals surface area contributed by atoms with E-state index < -0.39 is 0 Å². The molecule has 21 heavy (non-hydrogen) atoms. The lowest BCUT2D eigenvalue weighted by molar-refractivity contribution is -0.120. The Morgan fingerprint density at radius 2 is 2.10 bits per heavy atom. The van der Waals surface area contributed by atoms with Crippen LogP contribution in [-0.4, -0.2) is 30.9 Å². The van der Waals surface area contributed by atoms with Crippen molar-refractivity contribution in [1.82, 2.24) is 4.90 Å². The van der Waals surface area contributed by atoms with Crippen molar-refractivity contribution in [3.63, 3.8) is 0 Å². The van der Waals surface area contributed by atoms with Crippen LogP contribution >= 0.6 is 11.3 Å². The van der Waals surface area contributed by atoms with Crippen molar-refractivity contribution in [1.29, 1.82) is 0 Å². The predicted octanol–water partition coefficient (Wildman–Crippen LogP) is 3.33. The van der Waals surface area contributed by atoms with Crippen LogP contribution in [0.4, 0.5) is 5.69 Å². The van der Waals surface area contributed by atoms with E-state index in [2.05, 4.69) is 23.3 Å². The van der Waals surface area contributed by atoms with Crippen LogP contribution in [0.1, 0.15) is 23.4 Å². The number of carbonyl (C=O) groups is 1. The summed E-state index contributed by atoms with van der Waals surface area (Å²) in [6.45, 7) is 3.63. The van der Waals surface area contributed by atoms with Crippen LogP contribution in [0.25, 0.3) is 0 Å². The Hall–Kier alpha value is -1.65. The lowest BCUT2D eigenvalue weighted by Gasteiger charge is -2.34. The molecule has 1 amide bonds. The highest BCUT2D eigenvalue weighted by Gasteiger charge is 2.27. The smallest absolute Gasteiger partial charge is 0.240 e. The van der Waals surface area contributed by atoms with Crippen molar-refractivity contribution in [3.8, 4) is 0 Å². The van der Waals surface area contributed by atoms with E-state index in [0.717, 1.165) is 18.7 Å². The molecule has 2 heterocycles. The molecule has 1 aliphatic rings. The first-order chi connectivity index (χ1) is 10.2. The van der Waals surface area contributed by atoms with Gasteiger partial charge in [0.15, 0.2) is 0 Å². The summed E-state index contributed by atoms with van der Waals surface area (Å²) in [6, 6.07) is 12.3. The van der Waals surface area contributed by atoms with Gasteiger partial charge in [0.05, 0.1) is 6.54 Å². The maximum atomic E-state index is 12.5. The number of rotatable bonds is 3. The lowest BCUT2D eigenvalue weighted by atomic mass is 10.0. The molecule has 0 saturated carbocycles. The number of benzene rings is 1. The summed E-state index contributed by atoms with van der Waals surface area (Å²) in [6.07, 6.45) is 1.06. The Morgan fingerprint density at radius 1 is 1.33 bits per heavy atom. The number of hydrogen-bond donors (Lipinski definition) is 0. The highest BCUT2D eigenvalue weighted by Crippen LogP contribution is 2.32. The molecule has 0 bridgehead atoms. The third-order valence-electron chi connectivity index (χ3n) is 4.26. The van der Waals surface area contributed by atoms with E-state index in [1.54, 1.807) is 4.90 Å². The molecular formula is C17H20N2OS. The first kappa shape index (κ1) is 14.3. The molecule has 0 fully saturated rings. The monoisotopic (exact) mass is 300 g/mol. The summed E-state index contributed by atoms with van der Waals surface area (Å²) in [5, 5.41) is 2.16. The van der Waals surface area contributed by atoms with Crippen molar-refractivity contribution in [2.24, 2.45) is 0 Å². The van der Waals surface area contributed by atoms with E-state index in [-0.39, 0.29) is 5.91 Å². The van der Waals surface area contributed by atoms with Crippen molar-refractivity contribution in [3.05, 3.63) is 52.2 Å². The standard InChI is InChI=1S/C17H20N2OS/c1-13-15-9-11-21-16(15)8-10-19(13)12-17(20)18(2)14-6-4-3-5-7-14/h3-7,9,11,13H,8,10,12H2,1-2H3. The van der Waals surface area contributed by atoms with Crippen LogP contribution in [0.2, 0.25) is 0 Å². The minimum absolute atomic E-state index is 0.145. The van der Waals surface area contributed by atoms with Gasteiger partial charge in [-0.3, -0.25) is 9.69 Å². The minimum Gasteiger partial charge on any atom is -0.314 e. The number of carbonyl (C=O) groups excluding carboxylic acids is 1. The fourth-order valence-electron chi connectivity index (χ4n) is 2.85. The van der Waals surface area contributed by atoms with Gasteiger partial charge in [0.25, 0.3) is 0 Å². The zero-order chi connectivity index (χ0) is 14.8. The van der Waals surface area contributed by atoms with Crippen LogP contribution < -0.4 is 4.90 Å². The Kier molecular flexibility index (Phi) is 4.08. The molecule has 2 aromatic rings. The molecule has 1 aromatic carbocycles. The number of hydrogen-bond acceptors (Lipinski definition) is 3. The molecular weight excluding hydrogens is 280 g/mol. The largest absolute Gasteiger partial charge is 0.314 e. The highest BCUT2D eigenvalue weighted by molar-refractivity contribution is 7.10. The van der Waals surface area contributed by atoms with E-state index in [1.807, 2.05) is 48.7 Å². The van der Waals surface area contributed by atoms with Gasteiger partial charge in [-0.05, 0) is 42.5 Å². The van der Waals surface area contributed by atoms with Gasteiger partial charge in [0.2, 0.25) is 5.91 Å². The number of likely N-dealkylation sites (N-methyl/N-ethyl adjacent to an activating group) is 1. The normalized spacial score (nSPS) is 18.3. The lowest BCUT2D eigenvalue weighted by Crippen LogP contribution is -2.42. The number of nitrogens with zero attached hydrogens (tertiary/aromatic N) is 2. The van der Waals surface area contributed by atoms with Gasteiger partial charge in [-0.15, -0.1) is 11.3 Å². The van der Waals surface area contributed by atoms with E-state index in [0.29, 0.717) is 12.6 Å². The molecule has 0 saturated heterocycles. The molecule has 0 radical (unpaired) electrons. The van der Waals surface area contributed by atoms with Crippen molar-refractivity contribution in [2.75, 3.05) is 25.0 Å². The van der Waals surface area contributed by atoms with Gasteiger partial charge in [-0.2, -0.15) is 0 Å². The molecule has 110 valence electrons. The summed E-state index contributed by atoms with van der Waals surface area (Å²) in [4.78, 5) is 18.0. The minimum atomic E-state index is 0.145. The van der Waals surface area contributed by atoms with Crippen molar-refractivity contribution < 1.29 is 4.79 Å². The average Bonchev–Trinajstić information content (AvgIpc) is 2.99. The number of fused-ring (bicyclic) bond motifs is 1. The fourth-order valence-corrected chi connectivity index (χ4v) is 3.82. The first-order valence-electron chi connectivity index (χ1n) is 7.28. The van der Waals surface area contributed by atoms with E-state index in [9.17, 15) is 4.79 Å². The third-order valence-corrected chi connectivity index (χ3v) is 5.26. The summed E-state index contributed by atoms with van der Waals surface area (Å²) in [5.41, 5.74) is 2.34. The average molecular weight is 300 g/mol. The van der Waals surface area contributed by atoms with E-state index >= 15 is 0 Å². The second kappa shape index (κ2) is 6.00. The molecule has 3 nitrogen and oxygen atoms in total. The Labute approximate surface area is 129 Å². The van der Waals surface area contributed by atoms with Crippen LogP contribution in [0.5, 0.6) is 0 Å². The fraction of sp³-hybridized carbons (Fsp3) is 0.353. The third kappa shape index (κ3) is 2.87. The van der Waals surface area contributed by atoms with Crippen LogP contribution in [0.3, 0.4) is 0 Å². The maximum absolute atomic E-state index is 12.5. The number of para-hydroxylation sites is 1. The summed E-state index contributed by atoms with van der Waals surface area (Å²) in [7, 11) is 1.85. The quantitative estimate of drug-likeness (QED) is 0.868. The second-order valence-electron chi connectivity index (χ2n) is 5.48. The zero-order valence-electron chi connectivity index (χ0n) is 12.5. The van der Waals surface area contributed by atoms with Gasteiger partial charge in [0.1, 0.15) is 0 Å². The van der Waals surface area contributed by atoms with Gasteiger partial charge in [0, 0.05) is 30.2 Å². The number of amides is 1. The van der Waals surface area contributed by atoms with E-state index in [4.69, 9.17) is 0 Å². The van der Waals surface area contributed by atoms with Gasteiger partial charge in [-0.1, -0.05) is 18.2 Å². The first-order valence-corrected chi connectivity index (χ1v) is 8.16. The number of anilines is 1. The topological polar surface area (TPSA) is 23.6 Å². The Balaban J connectivity index is 1.68. The van der Waals surface area contributed by atoms with Crippen molar-refractivity contribution in [2.45, 2.75) is 19.4 Å². The maximum Gasteiger partial charge on any atom is 0.240 e. The van der Waals surface area contributed by atoms with Crippen LogP contribution in [0.15, 0.2) is 41.8 Å². The molecule has 0 spiro atoms. The SMILES string of the molecule is CC1c2ccsc2CCN1CC(=O)N(C)c1ccccc1. The van der Waals surface area contributed by atoms with Gasteiger partial charge >= 0.3 is 0 Å². The van der Waals surface area contributed by atoms with E-state index in [1.165, 1.54) is 10.4 Å². The van der Waals surface area contributed by atoms with Crippen LogP contribution in [0, 0.1) is 0 Å². The Bertz CT molecular complexity index is 623. The predicted molar refractivity (Wildman–Crippen MR) is 87.9 cm³/mol. The summed E-state index contributed by atoms with van der Waals surface area (Å²) < 4.78 is 0.